The smallest absolute Gasteiger partial charge is 0.475 e. The third-order valence-electron chi connectivity index (χ3n) is 3.87. The van der Waals surface area contributed by atoms with Crippen LogP contribution >= 0.6 is 0 Å². The summed E-state index contributed by atoms with van der Waals surface area (Å²) in [7, 11) is 0. The van der Waals surface area contributed by atoms with E-state index in [9.17, 15) is 22.4 Å². The van der Waals surface area contributed by atoms with E-state index in [4.69, 9.17) is 9.90 Å². The molecule has 0 spiro atoms. The third-order valence-corrected chi connectivity index (χ3v) is 3.87. The van der Waals surface area contributed by atoms with Gasteiger partial charge in [-0.2, -0.15) is 13.2 Å². The van der Waals surface area contributed by atoms with Gasteiger partial charge in [-0.25, -0.2) is 13.9 Å². The van der Waals surface area contributed by atoms with E-state index in [0.29, 0.717) is 0 Å². The molecule has 12 heteroatoms. The average molecular weight is 403 g/mol. The molecule has 2 aromatic rings. The zero-order valence-corrected chi connectivity index (χ0v) is 14.6. The van der Waals surface area contributed by atoms with Crippen LogP contribution in [0.5, 0.6) is 0 Å². The number of aromatic nitrogens is 3. The topological polar surface area (TPSA) is 109 Å². The molecule has 2 heterocycles. The summed E-state index contributed by atoms with van der Waals surface area (Å²) in [4.78, 5) is 20.9. The van der Waals surface area contributed by atoms with Gasteiger partial charge in [0.25, 0.3) is 5.91 Å². The molecule has 1 aromatic carbocycles. The van der Waals surface area contributed by atoms with E-state index in [2.05, 4.69) is 20.9 Å². The Kier molecular flexibility index (Phi) is 6.67. The quantitative estimate of drug-likeness (QED) is 0.667. The van der Waals surface area contributed by atoms with Crippen molar-refractivity contribution in [1.29, 1.82) is 0 Å². The second-order valence-corrected chi connectivity index (χ2v) is 5.95. The first-order valence-corrected chi connectivity index (χ1v) is 8.04. The monoisotopic (exact) mass is 403 g/mol. The lowest BCUT2D eigenvalue weighted by molar-refractivity contribution is -0.192. The van der Waals surface area contributed by atoms with Gasteiger partial charge in [0.05, 0.1) is 12.2 Å². The number of rotatable bonds is 4. The lowest BCUT2D eigenvalue weighted by Gasteiger charge is -2.26. The lowest BCUT2D eigenvalue weighted by Crippen LogP contribution is -2.43. The minimum absolute atomic E-state index is 0.264. The van der Waals surface area contributed by atoms with Gasteiger partial charge in [-0.1, -0.05) is 11.3 Å². The number of aryl methyl sites for hydroxylation is 1. The number of carboxylic acid groups (broad SMARTS) is 1. The van der Waals surface area contributed by atoms with E-state index in [0.717, 1.165) is 24.2 Å². The first-order chi connectivity index (χ1) is 13.1. The van der Waals surface area contributed by atoms with Crippen LogP contribution < -0.4 is 10.6 Å². The van der Waals surface area contributed by atoms with Crippen LogP contribution in [0.4, 0.5) is 17.6 Å². The fourth-order valence-corrected chi connectivity index (χ4v) is 2.12. The van der Waals surface area contributed by atoms with E-state index >= 15 is 0 Å². The number of carbonyl (C=O) groups excluding carboxylic acids is 1. The maximum atomic E-state index is 13.2. The zero-order chi connectivity index (χ0) is 20.9. The molecule has 0 aliphatic carbocycles. The molecule has 0 radical (unpaired) electrons. The number of nitrogens with one attached hydrogen (secondary N) is 2. The molecule has 0 unspecified atom stereocenters. The average Bonchev–Trinajstić information content (AvgIpc) is 3.03. The molecular weight excluding hydrogens is 386 g/mol. The van der Waals surface area contributed by atoms with Gasteiger partial charge in [-0.3, -0.25) is 4.79 Å². The molecule has 1 aromatic heterocycles. The molecule has 0 saturated carbocycles. The normalized spacial score (nSPS) is 13.9. The molecule has 1 aliphatic rings. The summed E-state index contributed by atoms with van der Waals surface area (Å²) in [6.07, 6.45) is -3.45. The Morgan fingerprint density at radius 3 is 2.54 bits per heavy atom. The molecule has 8 nitrogen and oxygen atoms in total. The summed E-state index contributed by atoms with van der Waals surface area (Å²) < 4.78 is 46.6. The molecular formula is C16H17F4N5O3. The van der Waals surface area contributed by atoms with Crippen molar-refractivity contribution in [3.05, 3.63) is 47.0 Å². The third kappa shape index (κ3) is 5.74. The van der Waals surface area contributed by atoms with Crippen LogP contribution in [-0.4, -0.2) is 51.2 Å². The second-order valence-electron chi connectivity index (χ2n) is 5.95. The number of alkyl halides is 3. The number of carboxylic acids is 1. The highest BCUT2D eigenvalue weighted by Crippen LogP contribution is 2.13. The Hall–Kier alpha value is -3.02. The van der Waals surface area contributed by atoms with Crippen molar-refractivity contribution in [1.82, 2.24) is 25.6 Å². The predicted molar refractivity (Wildman–Crippen MR) is 87.9 cm³/mol. The largest absolute Gasteiger partial charge is 0.490 e. The molecule has 1 saturated heterocycles. The van der Waals surface area contributed by atoms with Crippen LogP contribution in [0, 0.1) is 12.7 Å². The van der Waals surface area contributed by atoms with Gasteiger partial charge in [0.15, 0.2) is 5.69 Å². The summed E-state index contributed by atoms with van der Waals surface area (Å²) in [6.45, 7) is 3.82. The highest BCUT2D eigenvalue weighted by Gasteiger charge is 2.38. The summed E-state index contributed by atoms with van der Waals surface area (Å²) >= 11 is 0. The van der Waals surface area contributed by atoms with Gasteiger partial charge in [0.1, 0.15) is 5.82 Å². The molecule has 28 heavy (non-hydrogen) atoms. The number of hydrogen-bond acceptors (Lipinski definition) is 5. The van der Waals surface area contributed by atoms with Crippen LogP contribution in [0.1, 0.15) is 27.7 Å². The second kappa shape index (κ2) is 8.78. The maximum Gasteiger partial charge on any atom is 0.490 e. The Balaban J connectivity index is 0.000000345. The summed E-state index contributed by atoms with van der Waals surface area (Å²) in [6, 6.07) is 4.78. The lowest BCUT2D eigenvalue weighted by atomic mass is 10.1. The number of halogens is 4. The van der Waals surface area contributed by atoms with Gasteiger partial charge in [-0.05, 0) is 30.2 Å². The molecule has 0 bridgehead atoms. The molecule has 1 aliphatic heterocycles. The number of hydrogen-bond donors (Lipinski definition) is 3. The molecule has 1 fully saturated rings. The number of nitrogens with zero attached hydrogens (tertiary/aromatic N) is 3. The van der Waals surface area contributed by atoms with Crippen molar-refractivity contribution >= 4 is 11.9 Å². The van der Waals surface area contributed by atoms with Crippen molar-refractivity contribution < 1.29 is 32.3 Å². The number of amides is 1. The van der Waals surface area contributed by atoms with E-state index < -0.39 is 12.1 Å². The van der Waals surface area contributed by atoms with Crippen molar-refractivity contribution in [3.63, 3.8) is 0 Å². The zero-order valence-electron chi connectivity index (χ0n) is 14.6. The first kappa shape index (κ1) is 21.3. The van der Waals surface area contributed by atoms with Gasteiger partial charge < -0.3 is 15.7 Å². The van der Waals surface area contributed by atoms with Crippen LogP contribution in [0.3, 0.4) is 0 Å². The van der Waals surface area contributed by atoms with Gasteiger partial charge >= 0.3 is 12.1 Å². The highest BCUT2D eigenvalue weighted by molar-refractivity contribution is 5.91. The fraction of sp³-hybridized carbons (Fsp3) is 0.375. The van der Waals surface area contributed by atoms with E-state index in [1.54, 1.807) is 16.9 Å². The minimum atomic E-state index is -5.08. The molecule has 0 atom stereocenters. The van der Waals surface area contributed by atoms with Crippen molar-refractivity contribution in [2.24, 2.45) is 0 Å². The highest BCUT2D eigenvalue weighted by atomic mass is 19.4. The minimum Gasteiger partial charge on any atom is -0.475 e. The first-order valence-electron chi connectivity index (χ1n) is 8.04. The van der Waals surface area contributed by atoms with Gasteiger partial charge in [-0.15, -0.1) is 5.10 Å². The SMILES string of the molecule is Cc1ccc(F)cc1CNC(=O)c1cn(C2CNC2)nn1.O=C(O)C(F)(F)F. The van der Waals surface area contributed by atoms with Crippen LogP contribution in [-0.2, 0) is 11.3 Å². The van der Waals surface area contributed by atoms with Crippen molar-refractivity contribution in [3.8, 4) is 0 Å². The maximum absolute atomic E-state index is 13.2. The molecule has 152 valence electrons. The predicted octanol–water partition coefficient (Wildman–Crippen LogP) is 1.43. The molecule has 1 amide bonds. The van der Waals surface area contributed by atoms with Gasteiger partial charge in [0.2, 0.25) is 0 Å². The Labute approximate surface area is 156 Å². The van der Waals surface area contributed by atoms with E-state index in [1.807, 2.05) is 6.92 Å². The van der Waals surface area contributed by atoms with Crippen LogP contribution in [0.2, 0.25) is 0 Å². The molecule has 3 N–H and O–H groups in total. The summed E-state index contributed by atoms with van der Waals surface area (Å²) in [5, 5.41) is 20.8. The van der Waals surface area contributed by atoms with E-state index in [1.165, 1.54) is 12.1 Å². The van der Waals surface area contributed by atoms with Crippen molar-refractivity contribution in [2.45, 2.75) is 25.7 Å². The Morgan fingerprint density at radius 2 is 2.00 bits per heavy atom. The Bertz CT molecular complexity index is 849. The Morgan fingerprint density at radius 1 is 1.36 bits per heavy atom. The van der Waals surface area contributed by atoms with Crippen molar-refractivity contribution in [2.75, 3.05) is 13.1 Å². The summed E-state index contributed by atoms with van der Waals surface area (Å²) in [5.74, 6) is -3.38. The van der Waals surface area contributed by atoms with E-state index in [-0.39, 0.29) is 30.0 Å². The van der Waals surface area contributed by atoms with Crippen LogP contribution in [0.25, 0.3) is 0 Å². The van der Waals surface area contributed by atoms with Gasteiger partial charge in [0, 0.05) is 19.6 Å². The fourth-order valence-electron chi connectivity index (χ4n) is 2.12. The number of benzene rings is 1. The number of carbonyl (C=O) groups is 2. The standard InChI is InChI=1S/C14H16FN5O.C2HF3O2/c1-9-2-3-11(15)4-10(9)5-17-14(21)13-8-20(19-18-13)12-6-16-7-12;3-2(4,5)1(6)7/h2-4,8,12,16H,5-7H2,1H3,(H,17,21);(H,6,7). The summed E-state index contributed by atoms with van der Waals surface area (Å²) in [5.41, 5.74) is 1.95. The molecule has 3 rings (SSSR count). The van der Waals surface area contributed by atoms with Crippen LogP contribution in [0.15, 0.2) is 24.4 Å². The number of aliphatic carboxylic acids is 1.